The molecule has 0 saturated carbocycles. The summed E-state index contributed by atoms with van der Waals surface area (Å²) in [5, 5.41) is 6.66. The summed E-state index contributed by atoms with van der Waals surface area (Å²) in [5.74, 6) is 2.03. The minimum absolute atomic E-state index is 0. The van der Waals surface area contributed by atoms with E-state index in [0.717, 1.165) is 37.7 Å². The van der Waals surface area contributed by atoms with Crippen LogP contribution >= 0.6 is 35.7 Å². The van der Waals surface area contributed by atoms with Crippen molar-refractivity contribution in [3.63, 3.8) is 0 Å². The lowest BCUT2D eigenvalue weighted by Gasteiger charge is -2.24. The van der Waals surface area contributed by atoms with Crippen LogP contribution in [0.4, 0.5) is 5.69 Å². The maximum Gasteiger partial charge on any atom is 0.248 e. The largest absolute Gasteiger partial charge is 0.357 e. The number of rotatable bonds is 5. The SMILES string of the molecule is CCNC(=NCC(=O)N1CCc2ccccc21)NCC1(C)CCCS1.I. The predicted octanol–water partition coefficient (Wildman–Crippen LogP) is 3.03. The highest BCUT2D eigenvalue weighted by Crippen LogP contribution is 2.36. The van der Waals surface area contributed by atoms with Gasteiger partial charge in [-0.2, -0.15) is 11.8 Å². The first-order chi connectivity index (χ1) is 12.1. The summed E-state index contributed by atoms with van der Waals surface area (Å²) in [6.07, 6.45) is 3.44. The number of nitrogens with zero attached hydrogens (tertiary/aromatic N) is 2. The van der Waals surface area contributed by atoms with Crippen LogP contribution in [0, 0.1) is 0 Å². The van der Waals surface area contributed by atoms with Crippen LogP contribution in [0.3, 0.4) is 0 Å². The molecule has 2 aliphatic heterocycles. The van der Waals surface area contributed by atoms with Crippen molar-refractivity contribution in [1.82, 2.24) is 10.6 Å². The van der Waals surface area contributed by atoms with Gasteiger partial charge in [-0.3, -0.25) is 4.79 Å². The van der Waals surface area contributed by atoms with E-state index in [2.05, 4.69) is 28.6 Å². The van der Waals surface area contributed by atoms with Crippen LogP contribution in [0.5, 0.6) is 0 Å². The minimum atomic E-state index is 0. The molecule has 3 rings (SSSR count). The number of halogens is 1. The van der Waals surface area contributed by atoms with E-state index in [4.69, 9.17) is 0 Å². The van der Waals surface area contributed by atoms with Crippen molar-refractivity contribution < 1.29 is 4.79 Å². The Hall–Kier alpha value is -0.960. The van der Waals surface area contributed by atoms with E-state index in [9.17, 15) is 4.79 Å². The summed E-state index contributed by atoms with van der Waals surface area (Å²) in [6, 6.07) is 8.13. The second kappa shape index (κ2) is 9.82. The van der Waals surface area contributed by atoms with Gasteiger partial charge < -0.3 is 15.5 Å². The van der Waals surface area contributed by atoms with Crippen molar-refractivity contribution in [2.45, 2.75) is 37.9 Å². The van der Waals surface area contributed by atoms with Gasteiger partial charge in [0.1, 0.15) is 6.54 Å². The molecule has 1 unspecified atom stereocenters. The van der Waals surface area contributed by atoms with E-state index in [1.807, 2.05) is 41.8 Å². The summed E-state index contributed by atoms with van der Waals surface area (Å²) >= 11 is 2.02. The average molecular weight is 488 g/mol. The summed E-state index contributed by atoms with van der Waals surface area (Å²) < 4.78 is 0.272. The molecular weight excluding hydrogens is 459 g/mol. The van der Waals surface area contributed by atoms with Crippen LogP contribution in [-0.2, 0) is 11.2 Å². The number of para-hydroxylation sites is 1. The molecule has 2 heterocycles. The number of amides is 1. The lowest BCUT2D eigenvalue weighted by Crippen LogP contribution is -2.44. The number of hydrogen-bond donors (Lipinski definition) is 2. The Morgan fingerprint density at radius 1 is 1.35 bits per heavy atom. The number of aliphatic imine (C=N–C) groups is 1. The van der Waals surface area contributed by atoms with Gasteiger partial charge >= 0.3 is 0 Å². The van der Waals surface area contributed by atoms with Gasteiger partial charge in [0.2, 0.25) is 5.91 Å². The third kappa shape index (κ3) is 5.28. The van der Waals surface area contributed by atoms with Crippen molar-refractivity contribution in [2.75, 3.05) is 36.8 Å². The summed E-state index contributed by atoms with van der Waals surface area (Å²) in [5.41, 5.74) is 2.28. The molecule has 5 nitrogen and oxygen atoms in total. The third-order valence-corrected chi connectivity index (χ3v) is 6.37. The highest BCUT2D eigenvalue weighted by Gasteiger charge is 2.29. The zero-order valence-corrected chi connectivity index (χ0v) is 18.7. The fraction of sp³-hybridized carbons (Fsp3) is 0.579. The Kier molecular flexibility index (Phi) is 8.06. The van der Waals surface area contributed by atoms with E-state index in [1.165, 1.54) is 24.2 Å². The maximum atomic E-state index is 12.6. The van der Waals surface area contributed by atoms with Crippen LogP contribution in [0.15, 0.2) is 29.3 Å². The number of benzene rings is 1. The summed E-state index contributed by atoms with van der Waals surface area (Å²) in [6.45, 7) is 6.94. The van der Waals surface area contributed by atoms with Gasteiger partial charge in [0.15, 0.2) is 5.96 Å². The van der Waals surface area contributed by atoms with Crippen LogP contribution in [-0.4, -0.2) is 48.5 Å². The number of carbonyl (C=O) groups is 1. The fourth-order valence-corrected chi connectivity index (χ4v) is 4.66. The Morgan fingerprint density at radius 3 is 2.88 bits per heavy atom. The van der Waals surface area contributed by atoms with E-state index in [0.29, 0.717) is 0 Å². The van der Waals surface area contributed by atoms with Gasteiger partial charge in [0.05, 0.1) is 0 Å². The highest BCUT2D eigenvalue weighted by atomic mass is 127. The van der Waals surface area contributed by atoms with Gasteiger partial charge in [-0.25, -0.2) is 4.99 Å². The number of carbonyl (C=O) groups excluding carboxylic acids is 1. The van der Waals surface area contributed by atoms with Gasteiger partial charge in [-0.15, -0.1) is 24.0 Å². The molecule has 2 aliphatic rings. The standard InChI is InChI=1S/C19H28N4OS.HI/c1-3-20-18(22-14-19(2)10-6-12-25-19)21-13-17(24)23-11-9-15-7-4-5-8-16(15)23;/h4-5,7-8H,3,6,9-14H2,1-2H3,(H2,20,21,22);1H. The molecule has 0 radical (unpaired) electrons. The lowest BCUT2D eigenvalue weighted by atomic mass is 10.1. The lowest BCUT2D eigenvalue weighted by molar-refractivity contribution is -0.117. The molecule has 26 heavy (non-hydrogen) atoms. The molecule has 1 fully saturated rings. The Bertz CT molecular complexity index is 646. The van der Waals surface area contributed by atoms with E-state index in [1.54, 1.807) is 0 Å². The molecule has 2 N–H and O–H groups in total. The number of thioether (sulfide) groups is 1. The van der Waals surface area contributed by atoms with Crippen LogP contribution in [0.1, 0.15) is 32.3 Å². The van der Waals surface area contributed by atoms with E-state index < -0.39 is 0 Å². The zero-order valence-electron chi connectivity index (χ0n) is 15.6. The maximum absolute atomic E-state index is 12.6. The number of guanidine groups is 1. The molecule has 0 aliphatic carbocycles. The van der Waals surface area contributed by atoms with Crippen molar-refractivity contribution in [1.29, 1.82) is 0 Å². The molecule has 1 saturated heterocycles. The quantitative estimate of drug-likeness (QED) is 0.380. The van der Waals surface area contributed by atoms with Gasteiger partial charge in [0.25, 0.3) is 0 Å². The number of hydrogen-bond acceptors (Lipinski definition) is 3. The summed E-state index contributed by atoms with van der Waals surface area (Å²) in [4.78, 5) is 19.0. The first kappa shape index (κ1) is 21.3. The Morgan fingerprint density at radius 2 is 2.15 bits per heavy atom. The van der Waals surface area contributed by atoms with E-state index in [-0.39, 0.29) is 41.2 Å². The van der Waals surface area contributed by atoms with E-state index >= 15 is 0 Å². The zero-order chi connectivity index (χ0) is 17.7. The van der Waals surface area contributed by atoms with Gasteiger partial charge in [0, 0.05) is 30.1 Å². The second-order valence-corrected chi connectivity index (χ2v) is 8.56. The smallest absolute Gasteiger partial charge is 0.248 e. The molecule has 7 heteroatoms. The third-order valence-electron chi connectivity index (χ3n) is 4.84. The fourth-order valence-electron chi connectivity index (χ4n) is 3.42. The van der Waals surface area contributed by atoms with Crippen molar-refractivity contribution >= 4 is 53.3 Å². The first-order valence-electron chi connectivity index (χ1n) is 9.16. The monoisotopic (exact) mass is 488 g/mol. The minimum Gasteiger partial charge on any atom is -0.357 e. The van der Waals surface area contributed by atoms with Crippen molar-refractivity contribution in [2.24, 2.45) is 4.99 Å². The molecule has 144 valence electrons. The Labute approximate surface area is 177 Å². The topological polar surface area (TPSA) is 56.7 Å². The molecule has 1 aromatic rings. The van der Waals surface area contributed by atoms with Crippen LogP contribution < -0.4 is 15.5 Å². The van der Waals surface area contributed by atoms with Crippen molar-refractivity contribution in [3.8, 4) is 0 Å². The van der Waals surface area contributed by atoms with Gasteiger partial charge in [-0.05, 0) is 50.5 Å². The van der Waals surface area contributed by atoms with Crippen LogP contribution in [0.25, 0.3) is 0 Å². The van der Waals surface area contributed by atoms with Crippen molar-refractivity contribution in [3.05, 3.63) is 29.8 Å². The first-order valence-corrected chi connectivity index (χ1v) is 10.1. The second-order valence-electron chi connectivity index (χ2n) is 6.87. The molecule has 0 aromatic heterocycles. The molecule has 1 aromatic carbocycles. The Balaban J connectivity index is 0.00000243. The molecular formula is C19H29IN4OS. The average Bonchev–Trinajstić information content (AvgIpc) is 3.24. The normalized spacial score (nSPS) is 21.9. The predicted molar refractivity (Wildman–Crippen MR) is 122 cm³/mol. The molecule has 0 spiro atoms. The molecule has 1 amide bonds. The van der Waals surface area contributed by atoms with Crippen LogP contribution in [0.2, 0.25) is 0 Å². The number of anilines is 1. The van der Waals surface area contributed by atoms with Gasteiger partial charge in [-0.1, -0.05) is 18.2 Å². The highest BCUT2D eigenvalue weighted by molar-refractivity contribution is 14.0. The molecule has 0 bridgehead atoms. The molecule has 1 atom stereocenters. The summed E-state index contributed by atoms with van der Waals surface area (Å²) in [7, 11) is 0. The number of fused-ring (bicyclic) bond motifs is 1. The number of nitrogens with one attached hydrogen (secondary N) is 2.